The van der Waals surface area contributed by atoms with Crippen LogP contribution in [0.5, 0.6) is 0 Å². The number of nitrogens with zero attached hydrogens (tertiary/aromatic N) is 1. The maximum absolute atomic E-state index is 11.9. The zero-order chi connectivity index (χ0) is 14.9. The summed E-state index contributed by atoms with van der Waals surface area (Å²) in [5.41, 5.74) is -1.23. The maximum Gasteiger partial charge on any atom is 0.440 e. The summed E-state index contributed by atoms with van der Waals surface area (Å²) in [6.45, 7) is 0. The molecule has 20 heavy (non-hydrogen) atoms. The monoisotopic (exact) mass is 297 g/mol. The fourth-order valence-corrected chi connectivity index (χ4v) is 1.73. The lowest BCUT2D eigenvalue weighted by atomic mass is 10.2. The minimum absolute atomic E-state index is 0.0188. The number of rotatable bonds is 3. The highest BCUT2D eigenvalue weighted by Gasteiger charge is 2.26. The number of carbonyl (C=O) groups is 2. The summed E-state index contributed by atoms with van der Waals surface area (Å²) in [5, 5.41) is 15.3. The molecule has 0 aliphatic heterocycles. The SMILES string of the molecule is C[n+]1[nH]oc(=O)c1C(=O)Nc1ccc(Cl)c(C(=O)[O-])c1. The molecule has 0 spiro atoms. The van der Waals surface area contributed by atoms with Crippen molar-refractivity contribution in [2.75, 3.05) is 5.32 Å². The van der Waals surface area contributed by atoms with Gasteiger partial charge >= 0.3 is 17.2 Å². The molecule has 9 heteroatoms. The standard InChI is InChI=1S/C11H8ClN3O5/c1-15-8(11(19)20-14-15)9(16)13-5-2-3-7(12)6(4-5)10(17)18/h2-4H,1H3,(H2-,13,14,16,17,18,19). The molecule has 0 fully saturated rings. The predicted octanol–water partition coefficient (Wildman–Crippen LogP) is -0.938. The number of aromatic nitrogens is 2. The number of halogens is 1. The molecule has 0 saturated carbocycles. The number of hydrogen-bond acceptors (Lipinski definition) is 5. The molecule has 104 valence electrons. The molecule has 2 aromatic rings. The highest BCUT2D eigenvalue weighted by molar-refractivity contribution is 6.33. The Hall–Kier alpha value is -2.61. The summed E-state index contributed by atoms with van der Waals surface area (Å²) in [5.74, 6) is -2.23. The lowest BCUT2D eigenvalue weighted by molar-refractivity contribution is -0.741. The van der Waals surface area contributed by atoms with Gasteiger partial charge in [-0.25, -0.2) is 4.79 Å². The number of hydrogen-bond donors (Lipinski definition) is 2. The van der Waals surface area contributed by atoms with Crippen molar-refractivity contribution in [3.05, 3.63) is 44.9 Å². The molecule has 2 rings (SSSR count). The fraction of sp³-hybridized carbons (Fsp3) is 0.0909. The van der Waals surface area contributed by atoms with E-state index in [0.717, 1.165) is 10.7 Å². The number of anilines is 1. The first-order chi connectivity index (χ1) is 9.40. The topological polar surface area (TPSA) is 119 Å². The molecule has 0 atom stereocenters. The highest BCUT2D eigenvalue weighted by atomic mass is 35.5. The highest BCUT2D eigenvalue weighted by Crippen LogP contribution is 2.20. The van der Waals surface area contributed by atoms with Crippen molar-refractivity contribution in [2.45, 2.75) is 0 Å². The summed E-state index contributed by atoms with van der Waals surface area (Å²) < 4.78 is 5.52. The van der Waals surface area contributed by atoms with Crippen LogP contribution in [0.4, 0.5) is 5.69 Å². The fourth-order valence-electron chi connectivity index (χ4n) is 1.54. The zero-order valence-electron chi connectivity index (χ0n) is 10.1. The molecular formula is C11H8ClN3O5. The van der Waals surface area contributed by atoms with Crippen molar-refractivity contribution in [3.63, 3.8) is 0 Å². The van der Waals surface area contributed by atoms with Crippen molar-refractivity contribution in [1.29, 1.82) is 0 Å². The van der Waals surface area contributed by atoms with E-state index in [1.54, 1.807) is 0 Å². The molecular weight excluding hydrogens is 290 g/mol. The zero-order valence-corrected chi connectivity index (χ0v) is 10.9. The van der Waals surface area contributed by atoms with E-state index < -0.39 is 17.5 Å². The van der Waals surface area contributed by atoms with Crippen LogP contribution in [0.25, 0.3) is 0 Å². The van der Waals surface area contributed by atoms with E-state index in [1.807, 2.05) is 0 Å². The lowest BCUT2D eigenvalue weighted by Crippen LogP contribution is -2.41. The number of benzene rings is 1. The quantitative estimate of drug-likeness (QED) is 0.709. The van der Waals surface area contributed by atoms with Gasteiger partial charge in [-0.1, -0.05) is 16.3 Å². The Labute approximate surface area is 116 Å². The Morgan fingerprint density at radius 2 is 2.15 bits per heavy atom. The van der Waals surface area contributed by atoms with Crippen molar-refractivity contribution < 1.29 is 23.9 Å². The Morgan fingerprint density at radius 3 is 2.70 bits per heavy atom. The van der Waals surface area contributed by atoms with Crippen LogP contribution in [-0.4, -0.2) is 17.1 Å². The number of aromatic carboxylic acids is 1. The van der Waals surface area contributed by atoms with E-state index in [4.69, 9.17) is 11.6 Å². The average Bonchev–Trinajstić information content (AvgIpc) is 2.71. The van der Waals surface area contributed by atoms with Crippen molar-refractivity contribution >= 4 is 29.2 Å². The molecule has 2 N–H and O–H groups in total. The number of carboxylic acid groups (broad SMARTS) is 1. The molecule has 1 amide bonds. The molecule has 0 radical (unpaired) electrons. The van der Waals surface area contributed by atoms with E-state index in [1.165, 1.54) is 19.2 Å². The van der Waals surface area contributed by atoms with Crippen LogP contribution >= 0.6 is 11.6 Å². The van der Waals surface area contributed by atoms with Gasteiger partial charge in [0, 0.05) is 16.3 Å². The van der Waals surface area contributed by atoms with E-state index in [2.05, 4.69) is 15.1 Å². The van der Waals surface area contributed by atoms with Gasteiger partial charge in [0.1, 0.15) is 0 Å². The number of nitrogens with one attached hydrogen (secondary N) is 2. The number of carboxylic acids is 1. The Balaban J connectivity index is 2.31. The molecule has 0 aliphatic rings. The van der Waals surface area contributed by atoms with Gasteiger partial charge in [0.2, 0.25) is 0 Å². The number of aryl methyl sites for hydroxylation is 1. The summed E-state index contributed by atoms with van der Waals surface area (Å²) in [6.07, 6.45) is 0. The third-order valence-electron chi connectivity index (χ3n) is 2.46. The van der Waals surface area contributed by atoms with Gasteiger partial charge in [-0.2, -0.15) is 0 Å². The van der Waals surface area contributed by atoms with Gasteiger partial charge in [-0.15, -0.1) is 0 Å². The third-order valence-corrected chi connectivity index (χ3v) is 2.79. The first-order valence-corrected chi connectivity index (χ1v) is 5.67. The lowest BCUT2D eigenvalue weighted by Gasteiger charge is -2.08. The van der Waals surface area contributed by atoms with Gasteiger partial charge < -0.3 is 15.2 Å². The largest absolute Gasteiger partial charge is 0.545 e. The van der Waals surface area contributed by atoms with E-state index in [0.29, 0.717) is 0 Å². The van der Waals surface area contributed by atoms with E-state index >= 15 is 0 Å². The normalized spacial score (nSPS) is 10.3. The molecule has 1 heterocycles. The summed E-state index contributed by atoms with van der Waals surface area (Å²) in [7, 11) is 1.41. The number of aromatic amines is 1. The van der Waals surface area contributed by atoms with Crippen LogP contribution in [-0.2, 0) is 7.05 Å². The summed E-state index contributed by atoms with van der Waals surface area (Å²) in [6, 6.07) is 3.81. The summed E-state index contributed by atoms with van der Waals surface area (Å²) >= 11 is 5.67. The minimum atomic E-state index is -1.47. The second-order valence-electron chi connectivity index (χ2n) is 3.82. The van der Waals surface area contributed by atoms with Crippen LogP contribution in [0.15, 0.2) is 27.5 Å². The maximum atomic E-state index is 11.9. The van der Waals surface area contributed by atoms with Gasteiger partial charge in [-0.3, -0.25) is 9.32 Å². The Kier molecular flexibility index (Phi) is 3.57. The van der Waals surface area contributed by atoms with Crippen LogP contribution in [0.1, 0.15) is 20.8 Å². The molecule has 1 aromatic heterocycles. The molecule has 0 unspecified atom stereocenters. The van der Waals surface area contributed by atoms with Crippen molar-refractivity contribution in [2.24, 2.45) is 7.05 Å². The van der Waals surface area contributed by atoms with Crippen molar-refractivity contribution in [3.8, 4) is 0 Å². The summed E-state index contributed by atoms with van der Waals surface area (Å²) in [4.78, 5) is 34.0. The van der Waals surface area contributed by atoms with Gasteiger partial charge in [0.15, 0.2) is 7.05 Å². The van der Waals surface area contributed by atoms with Crippen LogP contribution < -0.4 is 20.7 Å². The smallest absolute Gasteiger partial charge is 0.440 e. The molecule has 1 aromatic carbocycles. The Morgan fingerprint density at radius 1 is 1.45 bits per heavy atom. The number of carbonyl (C=O) groups excluding carboxylic acids is 2. The molecule has 0 bridgehead atoms. The molecule has 0 saturated heterocycles. The second kappa shape index (κ2) is 5.17. The first-order valence-electron chi connectivity index (χ1n) is 5.30. The van der Waals surface area contributed by atoms with Crippen molar-refractivity contribution in [1.82, 2.24) is 5.27 Å². The van der Waals surface area contributed by atoms with E-state index in [-0.39, 0.29) is 22.0 Å². The predicted molar refractivity (Wildman–Crippen MR) is 64.2 cm³/mol. The number of H-pyrrole nitrogens is 1. The van der Waals surface area contributed by atoms with Gasteiger partial charge in [0.05, 0.1) is 5.97 Å². The Bertz CT molecular complexity index is 749. The van der Waals surface area contributed by atoms with Crippen LogP contribution in [0.2, 0.25) is 5.02 Å². The average molecular weight is 298 g/mol. The minimum Gasteiger partial charge on any atom is -0.545 e. The van der Waals surface area contributed by atoms with Crippen LogP contribution in [0.3, 0.4) is 0 Å². The van der Waals surface area contributed by atoms with Crippen LogP contribution in [0, 0.1) is 0 Å². The van der Waals surface area contributed by atoms with Gasteiger partial charge in [0.25, 0.3) is 0 Å². The first kappa shape index (κ1) is 13.8. The number of amides is 1. The van der Waals surface area contributed by atoms with E-state index in [9.17, 15) is 19.5 Å². The molecule has 0 aliphatic carbocycles. The van der Waals surface area contributed by atoms with Gasteiger partial charge in [-0.05, 0) is 23.5 Å². The molecule has 8 nitrogen and oxygen atoms in total. The second-order valence-corrected chi connectivity index (χ2v) is 4.23. The third kappa shape index (κ3) is 2.54.